The first-order valence-electron chi connectivity index (χ1n) is 7.89. The molecule has 1 N–H and O–H groups in total. The van der Waals surface area contributed by atoms with E-state index in [0.29, 0.717) is 23.6 Å². The Labute approximate surface area is 154 Å². The Kier molecular flexibility index (Phi) is 5.24. The molecule has 0 saturated carbocycles. The lowest BCUT2D eigenvalue weighted by molar-refractivity contribution is 0.310. The molecule has 0 amide bonds. The first-order chi connectivity index (χ1) is 12.1. The van der Waals surface area contributed by atoms with Crippen LogP contribution in [0.1, 0.15) is 18.2 Å². The number of phenols is 1. The molecule has 0 unspecified atom stereocenters. The van der Waals surface area contributed by atoms with E-state index in [-0.39, 0.29) is 5.75 Å². The monoisotopic (exact) mass is 399 g/mol. The van der Waals surface area contributed by atoms with Crippen LogP contribution in [0.2, 0.25) is 0 Å². The lowest BCUT2D eigenvalue weighted by atomic mass is 10.1. The van der Waals surface area contributed by atoms with Crippen LogP contribution in [0.3, 0.4) is 0 Å². The lowest BCUT2D eigenvalue weighted by Gasteiger charge is -2.11. The minimum atomic E-state index is 0.178. The number of hydrogen-bond donors (Lipinski definition) is 1. The highest BCUT2D eigenvalue weighted by molar-refractivity contribution is 9.10. The van der Waals surface area contributed by atoms with Crippen LogP contribution in [-0.2, 0) is 0 Å². The van der Waals surface area contributed by atoms with Gasteiger partial charge in [-0.15, -0.1) is 0 Å². The van der Waals surface area contributed by atoms with Crippen LogP contribution in [0.15, 0.2) is 46.9 Å². The quantitative estimate of drug-likeness (QED) is 0.633. The summed E-state index contributed by atoms with van der Waals surface area (Å²) in [7, 11) is 1.62. The molecule has 128 valence electrons. The maximum Gasteiger partial charge on any atom is 0.161 e. The molecule has 0 spiro atoms. The van der Waals surface area contributed by atoms with Crippen LogP contribution in [0.5, 0.6) is 17.2 Å². The van der Waals surface area contributed by atoms with E-state index in [2.05, 4.69) is 20.9 Å². The van der Waals surface area contributed by atoms with Gasteiger partial charge in [0.15, 0.2) is 11.5 Å². The molecular formula is C20H18BrNO3. The molecular weight excluding hydrogens is 382 g/mol. The molecule has 0 radical (unpaired) electrons. The Morgan fingerprint density at radius 1 is 1.12 bits per heavy atom. The van der Waals surface area contributed by atoms with Crippen molar-refractivity contribution in [3.8, 4) is 17.2 Å². The van der Waals surface area contributed by atoms with E-state index in [9.17, 15) is 5.11 Å². The predicted octanol–water partition coefficient (Wildman–Crippen LogP) is 5.28. The number of pyridine rings is 1. The minimum Gasteiger partial charge on any atom is -0.506 e. The summed E-state index contributed by atoms with van der Waals surface area (Å²) in [6, 6.07) is 13.0. The zero-order valence-electron chi connectivity index (χ0n) is 14.0. The standard InChI is InChI=1S/C20H18BrNO3/c1-3-25-19-11-14(16(21)12-18(19)24-2)8-10-15-9-7-13-5-4-6-17(23)20(13)22-15/h4-12,23H,3H2,1-2H3. The number of aromatic hydroxyl groups is 1. The Morgan fingerprint density at radius 2 is 1.96 bits per heavy atom. The van der Waals surface area contributed by atoms with Gasteiger partial charge in [-0.05, 0) is 42.8 Å². The lowest BCUT2D eigenvalue weighted by Crippen LogP contribution is -1.96. The maximum atomic E-state index is 9.95. The zero-order chi connectivity index (χ0) is 17.8. The highest BCUT2D eigenvalue weighted by Gasteiger charge is 2.08. The van der Waals surface area contributed by atoms with Gasteiger partial charge in [0.05, 0.1) is 19.4 Å². The second-order valence-corrected chi connectivity index (χ2v) is 6.23. The summed E-state index contributed by atoms with van der Waals surface area (Å²) in [6.07, 6.45) is 3.84. The van der Waals surface area contributed by atoms with Crippen molar-refractivity contribution >= 4 is 39.0 Å². The van der Waals surface area contributed by atoms with Crippen LogP contribution in [0, 0.1) is 0 Å². The number of ether oxygens (including phenoxy) is 2. The summed E-state index contributed by atoms with van der Waals surface area (Å²) in [5, 5.41) is 10.9. The Bertz CT molecular complexity index is 938. The molecule has 1 heterocycles. The van der Waals surface area contributed by atoms with Crippen LogP contribution < -0.4 is 9.47 Å². The molecule has 0 fully saturated rings. The van der Waals surface area contributed by atoms with Crippen molar-refractivity contribution in [2.24, 2.45) is 0 Å². The molecule has 3 rings (SSSR count). The van der Waals surface area contributed by atoms with Crippen molar-refractivity contribution < 1.29 is 14.6 Å². The molecule has 0 atom stereocenters. The van der Waals surface area contributed by atoms with Crippen LogP contribution in [-0.4, -0.2) is 23.8 Å². The van der Waals surface area contributed by atoms with Gasteiger partial charge in [-0.1, -0.05) is 40.2 Å². The number of benzene rings is 2. The van der Waals surface area contributed by atoms with E-state index in [1.54, 1.807) is 19.2 Å². The van der Waals surface area contributed by atoms with Crippen molar-refractivity contribution in [1.82, 2.24) is 4.98 Å². The fourth-order valence-electron chi connectivity index (χ4n) is 2.52. The van der Waals surface area contributed by atoms with Crippen molar-refractivity contribution in [2.45, 2.75) is 6.92 Å². The van der Waals surface area contributed by atoms with Crippen molar-refractivity contribution in [3.63, 3.8) is 0 Å². The van der Waals surface area contributed by atoms with Gasteiger partial charge in [-0.2, -0.15) is 0 Å². The van der Waals surface area contributed by atoms with Gasteiger partial charge in [0.2, 0.25) is 0 Å². The molecule has 1 aromatic heterocycles. The van der Waals surface area contributed by atoms with Gasteiger partial charge in [0, 0.05) is 9.86 Å². The largest absolute Gasteiger partial charge is 0.506 e. The number of hydrogen-bond acceptors (Lipinski definition) is 4. The van der Waals surface area contributed by atoms with Crippen molar-refractivity contribution in [1.29, 1.82) is 0 Å². The van der Waals surface area contributed by atoms with Gasteiger partial charge in [-0.25, -0.2) is 4.98 Å². The van der Waals surface area contributed by atoms with Gasteiger partial charge in [0.25, 0.3) is 0 Å². The number of para-hydroxylation sites is 1. The third kappa shape index (κ3) is 3.77. The average Bonchev–Trinajstić information content (AvgIpc) is 2.62. The fraction of sp³-hybridized carbons (Fsp3) is 0.150. The SMILES string of the molecule is CCOc1cc(C=Cc2ccc3cccc(O)c3n2)c(Br)cc1OC. The number of halogens is 1. The Balaban J connectivity index is 1.96. The average molecular weight is 400 g/mol. The van der Waals surface area contributed by atoms with Crippen LogP contribution >= 0.6 is 15.9 Å². The minimum absolute atomic E-state index is 0.178. The number of nitrogens with zero attached hydrogens (tertiary/aromatic N) is 1. The summed E-state index contributed by atoms with van der Waals surface area (Å²) in [4.78, 5) is 4.50. The van der Waals surface area contributed by atoms with E-state index >= 15 is 0 Å². The van der Waals surface area contributed by atoms with Gasteiger partial charge < -0.3 is 14.6 Å². The molecule has 0 aliphatic rings. The van der Waals surface area contributed by atoms with Gasteiger partial charge in [0.1, 0.15) is 11.3 Å². The normalized spacial score (nSPS) is 11.2. The summed E-state index contributed by atoms with van der Waals surface area (Å²) < 4.78 is 11.9. The molecule has 4 nitrogen and oxygen atoms in total. The fourth-order valence-corrected chi connectivity index (χ4v) is 2.98. The Hall–Kier alpha value is -2.53. The molecule has 0 aliphatic heterocycles. The first-order valence-corrected chi connectivity index (χ1v) is 8.69. The Morgan fingerprint density at radius 3 is 2.72 bits per heavy atom. The summed E-state index contributed by atoms with van der Waals surface area (Å²) in [6.45, 7) is 2.50. The van der Waals surface area contributed by atoms with Gasteiger partial charge in [-0.3, -0.25) is 0 Å². The highest BCUT2D eigenvalue weighted by atomic mass is 79.9. The molecule has 3 aromatic rings. The topological polar surface area (TPSA) is 51.6 Å². The van der Waals surface area contributed by atoms with E-state index in [1.807, 2.05) is 49.4 Å². The summed E-state index contributed by atoms with van der Waals surface area (Å²) in [5.41, 5.74) is 2.30. The molecule has 0 saturated heterocycles. The number of aromatic nitrogens is 1. The maximum absolute atomic E-state index is 9.95. The molecule has 0 aliphatic carbocycles. The number of methoxy groups -OCH3 is 1. The molecule has 2 aromatic carbocycles. The second-order valence-electron chi connectivity index (χ2n) is 5.38. The third-order valence-corrected chi connectivity index (χ3v) is 4.42. The molecule has 5 heteroatoms. The van der Waals surface area contributed by atoms with Gasteiger partial charge >= 0.3 is 0 Å². The number of rotatable bonds is 5. The summed E-state index contributed by atoms with van der Waals surface area (Å²) >= 11 is 3.55. The summed E-state index contributed by atoms with van der Waals surface area (Å²) in [5.74, 6) is 1.55. The first kappa shape index (κ1) is 17.3. The van der Waals surface area contributed by atoms with E-state index in [4.69, 9.17) is 9.47 Å². The zero-order valence-corrected chi connectivity index (χ0v) is 15.6. The number of phenolic OH excluding ortho intramolecular Hbond substituents is 1. The highest BCUT2D eigenvalue weighted by Crippen LogP contribution is 2.34. The van der Waals surface area contributed by atoms with Crippen molar-refractivity contribution in [3.05, 3.63) is 58.2 Å². The predicted molar refractivity (Wildman–Crippen MR) is 104 cm³/mol. The third-order valence-electron chi connectivity index (χ3n) is 3.74. The van der Waals surface area contributed by atoms with E-state index in [0.717, 1.165) is 21.1 Å². The van der Waals surface area contributed by atoms with E-state index < -0.39 is 0 Å². The van der Waals surface area contributed by atoms with Crippen molar-refractivity contribution in [2.75, 3.05) is 13.7 Å². The van der Waals surface area contributed by atoms with Crippen LogP contribution in [0.4, 0.5) is 0 Å². The molecule has 0 bridgehead atoms. The number of fused-ring (bicyclic) bond motifs is 1. The molecule has 25 heavy (non-hydrogen) atoms. The second kappa shape index (κ2) is 7.57. The van der Waals surface area contributed by atoms with Crippen LogP contribution in [0.25, 0.3) is 23.1 Å². The van der Waals surface area contributed by atoms with E-state index in [1.165, 1.54) is 0 Å². The smallest absolute Gasteiger partial charge is 0.161 e.